The average molecular weight is 1260 g/mol. The number of carbonyl (C=O) groups excluding carboxylic acids is 10. The maximum atomic E-state index is 13.8. The molecule has 5 amide bonds. The number of benzene rings is 2. The molecule has 1 aliphatic heterocycles. The summed E-state index contributed by atoms with van der Waals surface area (Å²) >= 11 is 0. The van der Waals surface area contributed by atoms with Crippen molar-refractivity contribution in [3.05, 3.63) is 48.0 Å². The van der Waals surface area contributed by atoms with Gasteiger partial charge in [-0.2, -0.15) is 0 Å². The first kappa shape index (κ1) is 63.8. The minimum atomic E-state index is -1.78. The van der Waals surface area contributed by atoms with Gasteiger partial charge in [0, 0.05) is 147 Å². The third kappa shape index (κ3) is 24.8. The third-order valence-electron chi connectivity index (χ3n) is 13.1. The van der Waals surface area contributed by atoms with E-state index in [1.165, 1.54) is 4.90 Å². The number of carboxylic acid groups (broad SMARTS) is 6. The standard InChI is InChI=1S/C49H71N9O16.Ac/c59-40(28-55-17-19-56(29-42(62)63)21-23-58(31-44(66)67)24-22-57(20-18-55)30-43(64)65)51-27-32-8-12-35(13-9-32)45(68)52-39(26-33-10-11-34-5-1-2-6-36(34)25-33)46(69)50-16-4-3-7-37(47(70)71)53-49(74)54-38(48(72)73)14-15-41(60)61;/h1-2,5-6,10-11,25,32,35,37-39H,3-4,7-9,12-24,26-31H2,(H,50,69)(H,51,59)(H,52,68)(H,60,61)(H,62,63)(H,64,65)(H,66,67)(H,70,71)(H,72,73)(H2,53,54,74);/p-3/t32?,35?,37-,38-,39-;/m0./s1/i;1-2. The fourth-order valence-electron chi connectivity index (χ4n) is 8.93. The molecule has 3 atom stereocenters. The molecule has 26 heteroatoms. The van der Waals surface area contributed by atoms with Gasteiger partial charge >= 0.3 is 10.3 Å². The number of unbranched alkanes of at least 4 members (excludes halogenated alkanes) is 1. The number of urea groups is 1. The van der Waals surface area contributed by atoms with Crippen LogP contribution < -0.4 is 57.2 Å². The van der Waals surface area contributed by atoms with Crippen molar-refractivity contribution in [1.82, 2.24) is 46.2 Å². The summed E-state index contributed by atoms with van der Waals surface area (Å²) in [5.41, 5.74) is 0.782. The molecule has 2 aromatic rings. The van der Waals surface area contributed by atoms with E-state index in [4.69, 9.17) is 0 Å². The number of fused-ring (bicyclic) bond motifs is 1. The van der Waals surface area contributed by atoms with E-state index in [0.717, 1.165) is 16.3 Å². The van der Waals surface area contributed by atoms with Crippen molar-refractivity contribution in [3.63, 3.8) is 0 Å². The summed E-state index contributed by atoms with van der Waals surface area (Å²) in [6.07, 6.45) is 1.27. The first-order valence-corrected chi connectivity index (χ1v) is 24.7. The van der Waals surface area contributed by atoms with Crippen molar-refractivity contribution < 1.29 is 127 Å². The van der Waals surface area contributed by atoms with E-state index in [-0.39, 0.29) is 157 Å². The molecule has 0 aromatic heterocycles. The van der Waals surface area contributed by atoms with Crippen molar-refractivity contribution in [1.29, 1.82) is 0 Å². The van der Waals surface area contributed by atoms with Gasteiger partial charge < -0.3 is 86.0 Å². The molecule has 1 heterocycles. The molecule has 0 spiro atoms. The number of carboxylic acids is 6. The summed E-state index contributed by atoms with van der Waals surface area (Å²) in [6, 6.07) is 7.88. The molecule has 25 nitrogen and oxygen atoms in total. The normalized spacial score (nSPS) is 18.5. The second kappa shape index (κ2) is 33.5. The van der Waals surface area contributed by atoms with Crippen LogP contribution in [0, 0.1) is 55.9 Å². The van der Waals surface area contributed by atoms with E-state index < -0.39 is 104 Å². The van der Waals surface area contributed by atoms with Crippen LogP contribution >= 0.6 is 0 Å². The number of carbonyl (C=O) groups is 10. The zero-order valence-electron chi connectivity index (χ0n) is 44.8. The zero-order chi connectivity index (χ0) is 54.2. The van der Waals surface area contributed by atoms with Crippen molar-refractivity contribution in [2.75, 3.05) is 91.6 Å². The molecule has 5 N–H and O–H groups in total. The molecule has 2 aliphatic rings. The Labute approximate surface area is 474 Å². The Morgan fingerprint density at radius 1 is 0.547 bits per heavy atom. The molecule has 0 unspecified atom stereocenters. The third-order valence-corrected chi connectivity index (χ3v) is 13.1. The van der Waals surface area contributed by atoms with Crippen LogP contribution in [0.25, 0.3) is 10.8 Å². The number of hydrogen-bond donors (Lipinski definition) is 5. The van der Waals surface area contributed by atoms with Crippen LogP contribution in [0.1, 0.15) is 67.6 Å². The minimum absolute atomic E-state index is 0. The molecule has 2 aromatic carbocycles. The molecule has 0 bridgehead atoms. The van der Waals surface area contributed by atoms with Gasteiger partial charge in [0.15, 0.2) is 0 Å². The van der Waals surface area contributed by atoms with E-state index in [9.17, 15) is 78.6 Å². The summed E-state index contributed by atoms with van der Waals surface area (Å²) in [6.45, 7) is 0.581. The molecule has 1 saturated heterocycles. The smallest absolute Gasteiger partial charge is 0.550 e. The Hall–Kier alpha value is -5.52. The van der Waals surface area contributed by atoms with Gasteiger partial charge in [-0.1, -0.05) is 42.5 Å². The van der Waals surface area contributed by atoms with E-state index in [1.807, 2.05) is 47.8 Å². The Kier molecular flexibility index (Phi) is 28.5. The largest absolute Gasteiger partial charge is 1.00 e. The van der Waals surface area contributed by atoms with Crippen LogP contribution in [-0.4, -0.2) is 189 Å². The predicted octanol–water partition coefficient (Wildman–Crippen LogP) is -8.05. The second-order valence-electron chi connectivity index (χ2n) is 18.7. The number of hydrogen-bond acceptors (Lipinski definition) is 20. The van der Waals surface area contributed by atoms with Gasteiger partial charge in [0.05, 0.1) is 48.5 Å². The van der Waals surface area contributed by atoms with Gasteiger partial charge in [-0.05, 0) is 80.0 Å². The Bertz CT molecular complexity index is 2250. The quantitative estimate of drug-likeness (QED) is 0.0519. The number of rotatable bonds is 27. The van der Waals surface area contributed by atoms with Gasteiger partial charge in [-0.15, -0.1) is 0 Å². The van der Waals surface area contributed by atoms with Crippen molar-refractivity contribution in [2.24, 2.45) is 11.8 Å². The van der Waals surface area contributed by atoms with Crippen LogP contribution in [-0.2, 0) is 49.6 Å². The van der Waals surface area contributed by atoms with Gasteiger partial charge in [-0.3, -0.25) is 34.0 Å². The topological polar surface area (TPSA) is 382 Å². The summed E-state index contributed by atoms with van der Waals surface area (Å²) in [4.78, 5) is 128. The first-order valence-electron chi connectivity index (χ1n) is 24.7. The van der Waals surface area contributed by atoms with Gasteiger partial charge in [-0.25, -0.2) is 4.79 Å². The predicted molar refractivity (Wildman–Crippen MR) is 253 cm³/mol. The fourth-order valence-corrected chi connectivity index (χ4v) is 8.93. The maximum absolute atomic E-state index is 13.8. The average Bonchev–Trinajstić information content (AvgIpc) is 3.34. The molecular formula is C49H68AcN9O16-3. The van der Waals surface area contributed by atoms with Crippen molar-refractivity contribution in [3.8, 4) is 0 Å². The van der Waals surface area contributed by atoms with Gasteiger partial charge in [0.25, 0.3) is 0 Å². The van der Waals surface area contributed by atoms with Crippen LogP contribution in [0.3, 0.4) is 0 Å². The molecule has 2 fully saturated rings. The summed E-state index contributed by atoms with van der Waals surface area (Å²) in [5.74, 6) is -10.5. The SMILES string of the molecule is O=C([O-])CC[C@H](NC(=O)N[C@@H](CCCCNC(=O)[C@H](Cc1ccc2ccccc2c1)NC(=O)C1CCC(CNC(=O)CN2CCN(CC(=O)[O-])CCN(CC(=O)[O-])CCN(CC(=O)[O-])CC2)CC1)C(=O)[O-])C(=O)[O-].[225Ac].[H+].[H+].[H+]. The molecule has 1 aliphatic carbocycles. The Morgan fingerprint density at radius 3 is 1.53 bits per heavy atom. The summed E-state index contributed by atoms with van der Waals surface area (Å²) in [7, 11) is 0. The fraction of sp³-hybridized carbons (Fsp3) is 0.592. The summed E-state index contributed by atoms with van der Waals surface area (Å²) in [5, 5.41) is 82.9. The molecule has 411 valence electrons. The van der Waals surface area contributed by atoms with Crippen molar-refractivity contribution >= 4 is 70.3 Å². The molecule has 1 saturated carbocycles. The zero-order valence-corrected chi connectivity index (χ0v) is 46.5. The molecule has 75 heavy (non-hydrogen) atoms. The number of nitrogens with one attached hydrogen (secondary N) is 5. The van der Waals surface area contributed by atoms with Gasteiger partial charge in [0.2, 0.25) is 17.7 Å². The molecule has 4 rings (SSSR count). The van der Waals surface area contributed by atoms with Crippen LogP contribution in [0.4, 0.5) is 4.79 Å². The first-order chi connectivity index (χ1) is 35.2. The number of nitrogens with zero attached hydrogens (tertiary/aromatic N) is 4. The summed E-state index contributed by atoms with van der Waals surface area (Å²) < 4.78 is 0. The van der Waals surface area contributed by atoms with Crippen LogP contribution in [0.15, 0.2) is 42.5 Å². The van der Waals surface area contributed by atoms with Crippen LogP contribution in [0.5, 0.6) is 0 Å². The molecular weight excluding hydrogens is 1200 g/mol. The number of aliphatic carboxylic acids is 6. The van der Waals surface area contributed by atoms with Gasteiger partial charge in [0.1, 0.15) is 6.04 Å². The second-order valence-corrected chi connectivity index (χ2v) is 18.7. The Balaban J connectivity index is 0.0000148. The van der Waals surface area contributed by atoms with E-state index in [1.54, 1.807) is 14.7 Å². The van der Waals surface area contributed by atoms with E-state index in [0.29, 0.717) is 32.2 Å². The van der Waals surface area contributed by atoms with Crippen molar-refractivity contribution in [2.45, 2.75) is 82.3 Å². The molecule has 1 radical (unpaired) electrons. The van der Waals surface area contributed by atoms with E-state index >= 15 is 0 Å². The minimum Gasteiger partial charge on any atom is -0.550 e. The monoisotopic (exact) mass is 1260 g/mol. The number of amides is 5. The maximum Gasteiger partial charge on any atom is 1.00 e. The van der Waals surface area contributed by atoms with Crippen LogP contribution in [0.2, 0.25) is 0 Å². The Morgan fingerprint density at radius 2 is 1.04 bits per heavy atom. The van der Waals surface area contributed by atoms with E-state index in [2.05, 4.69) is 21.3 Å².